The van der Waals surface area contributed by atoms with E-state index < -0.39 is 11.7 Å². The number of benzene rings is 2. The third-order valence-corrected chi connectivity index (χ3v) is 3.94. The molecule has 0 atom stereocenters. The Kier molecular flexibility index (Phi) is 9.34. The van der Waals surface area contributed by atoms with E-state index in [2.05, 4.69) is 15.6 Å². The van der Waals surface area contributed by atoms with Crippen LogP contribution in [0.25, 0.3) is 0 Å². The number of hydrogen-bond donors (Lipinski definition) is 2. The highest BCUT2D eigenvalue weighted by molar-refractivity contribution is 14.0. The van der Waals surface area contributed by atoms with E-state index in [9.17, 15) is 13.2 Å². The molecule has 0 amide bonds. The van der Waals surface area contributed by atoms with E-state index in [1.54, 1.807) is 18.2 Å². The van der Waals surface area contributed by atoms with Gasteiger partial charge in [-0.25, -0.2) is 0 Å². The van der Waals surface area contributed by atoms with Gasteiger partial charge in [0.15, 0.2) is 17.5 Å². The van der Waals surface area contributed by atoms with Crippen molar-refractivity contribution < 1.29 is 27.4 Å². The summed E-state index contributed by atoms with van der Waals surface area (Å²) in [6.07, 6.45) is -4.49. The molecule has 2 N–H and O–H groups in total. The predicted molar refractivity (Wildman–Crippen MR) is 117 cm³/mol. The van der Waals surface area contributed by atoms with Crippen molar-refractivity contribution in [3.63, 3.8) is 0 Å². The van der Waals surface area contributed by atoms with Crippen LogP contribution in [0, 0.1) is 0 Å². The molecule has 0 aliphatic carbocycles. The van der Waals surface area contributed by atoms with E-state index in [1.807, 2.05) is 0 Å². The highest BCUT2D eigenvalue weighted by Gasteiger charge is 2.33. The highest BCUT2D eigenvalue weighted by atomic mass is 127. The van der Waals surface area contributed by atoms with Gasteiger partial charge in [0.25, 0.3) is 0 Å². The van der Waals surface area contributed by atoms with E-state index in [0.717, 1.165) is 6.07 Å². The zero-order chi connectivity index (χ0) is 20.7. The molecule has 0 unspecified atom stereocenters. The third-order valence-electron chi connectivity index (χ3n) is 3.94. The largest absolute Gasteiger partial charge is 0.497 e. The lowest BCUT2D eigenvalue weighted by molar-refractivity contribution is -0.138. The van der Waals surface area contributed by atoms with Gasteiger partial charge in [0.05, 0.1) is 26.9 Å². The number of nitrogens with one attached hydrogen (secondary N) is 2. The Hall–Kier alpha value is -2.37. The van der Waals surface area contributed by atoms with Gasteiger partial charge in [-0.2, -0.15) is 13.2 Å². The van der Waals surface area contributed by atoms with Gasteiger partial charge < -0.3 is 24.8 Å². The Morgan fingerprint density at radius 3 is 2.21 bits per heavy atom. The molecular weight excluding hydrogens is 502 g/mol. The maximum atomic E-state index is 13.3. The highest BCUT2D eigenvalue weighted by Crippen LogP contribution is 2.34. The monoisotopic (exact) mass is 525 g/mol. The SMILES string of the molecule is CN=C(NCc1ccc(OC)cc1C(F)(F)F)Nc1ccc(OC)c(OC)c1.I. The lowest BCUT2D eigenvalue weighted by atomic mass is 10.1. The van der Waals surface area contributed by atoms with E-state index in [1.165, 1.54) is 40.5 Å². The van der Waals surface area contributed by atoms with E-state index in [0.29, 0.717) is 23.1 Å². The van der Waals surface area contributed by atoms with Gasteiger partial charge in [-0.15, -0.1) is 24.0 Å². The molecule has 2 aromatic carbocycles. The molecule has 0 saturated heterocycles. The lowest BCUT2D eigenvalue weighted by Crippen LogP contribution is -2.31. The number of ether oxygens (including phenoxy) is 3. The molecular formula is C19H23F3IN3O3. The van der Waals surface area contributed by atoms with Crippen LogP contribution in [-0.2, 0) is 12.7 Å². The average molecular weight is 525 g/mol. The van der Waals surface area contributed by atoms with Crippen molar-refractivity contribution in [2.24, 2.45) is 4.99 Å². The minimum atomic E-state index is -4.49. The van der Waals surface area contributed by atoms with Gasteiger partial charge in [0.1, 0.15) is 5.75 Å². The molecule has 2 rings (SSSR count). The van der Waals surface area contributed by atoms with E-state index in [-0.39, 0.29) is 41.8 Å². The Morgan fingerprint density at radius 1 is 0.966 bits per heavy atom. The summed E-state index contributed by atoms with van der Waals surface area (Å²) in [4.78, 5) is 4.04. The smallest absolute Gasteiger partial charge is 0.416 e. The number of rotatable bonds is 6. The van der Waals surface area contributed by atoms with Crippen molar-refractivity contribution in [2.75, 3.05) is 33.7 Å². The minimum Gasteiger partial charge on any atom is -0.497 e. The van der Waals surface area contributed by atoms with Gasteiger partial charge in [0.2, 0.25) is 0 Å². The van der Waals surface area contributed by atoms with Crippen molar-refractivity contribution in [3.8, 4) is 17.2 Å². The number of alkyl halides is 3. The molecule has 0 aromatic heterocycles. The molecule has 0 bridgehead atoms. The summed E-state index contributed by atoms with van der Waals surface area (Å²) in [5, 5.41) is 5.88. The second kappa shape index (κ2) is 11.0. The van der Waals surface area contributed by atoms with Crippen LogP contribution >= 0.6 is 24.0 Å². The van der Waals surface area contributed by atoms with Crippen molar-refractivity contribution >= 4 is 35.6 Å². The number of anilines is 1. The standard InChI is InChI=1S/C19H22F3N3O3.HI/c1-23-18(25-13-6-8-16(27-3)17(9-13)28-4)24-11-12-5-7-14(26-2)10-15(12)19(20,21)22;/h5-10H,11H2,1-4H3,(H2,23,24,25);1H. The first-order valence-corrected chi connectivity index (χ1v) is 8.26. The minimum absolute atomic E-state index is 0. The fraction of sp³-hybridized carbons (Fsp3) is 0.316. The van der Waals surface area contributed by atoms with E-state index in [4.69, 9.17) is 14.2 Å². The van der Waals surface area contributed by atoms with Crippen LogP contribution in [0.2, 0.25) is 0 Å². The summed E-state index contributed by atoms with van der Waals surface area (Å²) in [6, 6.07) is 8.97. The molecule has 0 spiro atoms. The van der Waals surface area contributed by atoms with Gasteiger partial charge in [-0.3, -0.25) is 4.99 Å². The summed E-state index contributed by atoms with van der Waals surface area (Å²) in [5.41, 5.74) is -0.0546. The number of guanidine groups is 1. The van der Waals surface area contributed by atoms with E-state index >= 15 is 0 Å². The summed E-state index contributed by atoms with van der Waals surface area (Å²) in [5.74, 6) is 1.52. The Labute approximate surface area is 184 Å². The molecule has 160 valence electrons. The second-order valence-electron chi connectivity index (χ2n) is 5.64. The summed E-state index contributed by atoms with van der Waals surface area (Å²) in [7, 11) is 5.88. The van der Waals surface area contributed by atoms with Crippen LogP contribution in [0.1, 0.15) is 11.1 Å². The van der Waals surface area contributed by atoms with Crippen LogP contribution in [0.4, 0.5) is 18.9 Å². The normalized spacial score (nSPS) is 11.3. The molecule has 29 heavy (non-hydrogen) atoms. The Morgan fingerprint density at radius 2 is 1.66 bits per heavy atom. The van der Waals surface area contributed by atoms with Crippen molar-refractivity contribution in [2.45, 2.75) is 12.7 Å². The molecule has 6 nitrogen and oxygen atoms in total. The number of hydrogen-bond acceptors (Lipinski definition) is 4. The third kappa shape index (κ3) is 6.58. The van der Waals surface area contributed by atoms with Crippen LogP contribution in [-0.4, -0.2) is 34.3 Å². The number of nitrogens with zero attached hydrogens (tertiary/aromatic N) is 1. The average Bonchev–Trinajstić information content (AvgIpc) is 2.69. The molecule has 0 radical (unpaired) electrons. The van der Waals surface area contributed by atoms with Crippen LogP contribution in [0.5, 0.6) is 17.2 Å². The number of halogens is 4. The fourth-order valence-electron chi connectivity index (χ4n) is 2.51. The Bertz CT molecular complexity index is 845. The van der Waals surface area contributed by atoms with Gasteiger partial charge >= 0.3 is 6.18 Å². The maximum Gasteiger partial charge on any atom is 0.416 e. The van der Waals surface area contributed by atoms with Crippen molar-refractivity contribution in [1.82, 2.24) is 5.32 Å². The first kappa shape index (κ1) is 24.7. The van der Waals surface area contributed by atoms with Crippen LogP contribution in [0.3, 0.4) is 0 Å². The molecule has 0 aliphatic rings. The van der Waals surface area contributed by atoms with Crippen LogP contribution in [0.15, 0.2) is 41.4 Å². The predicted octanol–water partition coefficient (Wildman–Crippen LogP) is 4.54. The summed E-state index contributed by atoms with van der Waals surface area (Å²) < 4.78 is 55.3. The molecule has 2 aromatic rings. The van der Waals surface area contributed by atoms with Gasteiger partial charge in [-0.05, 0) is 29.8 Å². The molecule has 0 saturated carbocycles. The zero-order valence-electron chi connectivity index (χ0n) is 16.4. The zero-order valence-corrected chi connectivity index (χ0v) is 18.7. The van der Waals surface area contributed by atoms with Crippen LogP contribution < -0.4 is 24.8 Å². The molecule has 0 fully saturated rings. The van der Waals surface area contributed by atoms with Crippen molar-refractivity contribution in [1.29, 1.82) is 0 Å². The molecule has 0 aliphatic heterocycles. The maximum absolute atomic E-state index is 13.3. The van der Waals surface area contributed by atoms with Crippen molar-refractivity contribution in [3.05, 3.63) is 47.5 Å². The quantitative estimate of drug-likeness (QED) is 0.330. The Balaban J connectivity index is 0.00000420. The second-order valence-corrected chi connectivity index (χ2v) is 5.64. The molecule has 0 heterocycles. The van der Waals surface area contributed by atoms with Gasteiger partial charge in [0, 0.05) is 25.3 Å². The summed E-state index contributed by atoms with van der Waals surface area (Å²) >= 11 is 0. The fourth-order valence-corrected chi connectivity index (χ4v) is 2.51. The van der Waals surface area contributed by atoms with Gasteiger partial charge in [-0.1, -0.05) is 6.07 Å². The summed E-state index contributed by atoms with van der Waals surface area (Å²) in [6.45, 7) is -0.0776. The topological polar surface area (TPSA) is 64.1 Å². The lowest BCUT2D eigenvalue weighted by Gasteiger charge is -2.17. The first-order valence-electron chi connectivity index (χ1n) is 8.26. The number of aliphatic imine (C=N–C) groups is 1. The first-order chi connectivity index (χ1) is 13.3. The number of methoxy groups -OCH3 is 3. The molecule has 10 heteroatoms.